The molecule has 0 spiro atoms. The molecule has 1 aliphatic rings. The minimum Gasteiger partial charge on any atom is -0.404 e. The first-order valence-electron chi connectivity index (χ1n) is 8.08. The number of fused-ring (bicyclic) bond motifs is 1. The summed E-state index contributed by atoms with van der Waals surface area (Å²) in [4.78, 5) is 13.6. The number of benzene rings is 1. The quantitative estimate of drug-likeness (QED) is 0.803. The molecule has 0 bridgehead atoms. The van der Waals surface area contributed by atoms with Crippen LogP contribution in [0.4, 0.5) is 0 Å². The molecule has 0 unspecified atom stereocenters. The van der Waals surface area contributed by atoms with Gasteiger partial charge in [0, 0.05) is 24.6 Å². The predicted octanol–water partition coefficient (Wildman–Crippen LogP) is 2.55. The molecule has 0 saturated heterocycles. The number of nitrogens with two attached hydrogens (primary N) is 1. The fraction of sp³-hybridized carbons (Fsp3) is 0.389. The lowest BCUT2D eigenvalue weighted by Crippen LogP contribution is -2.27. The maximum absolute atomic E-state index is 8.85. The van der Waals surface area contributed by atoms with Gasteiger partial charge in [-0.25, -0.2) is 4.98 Å². The van der Waals surface area contributed by atoms with Crippen LogP contribution in [0, 0.1) is 5.92 Å². The maximum Gasteiger partial charge on any atom is 0.0922 e. The summed E-state index contributed by atoms with van der Waals surface area (Å²) in [5.41, 5.74) is 9.00. The van der Waals surface area contributed by atoms with Gasteiger partial charge < -0.3 is 10.8 Å². The molecule has 120 valence electrons. The zero-order valence-corrected chi connectivity index (χ0v) is 13.1. The molecule has 3 N–H and O–H groups in total. The zero-order chi connectivity index (χ0) is 16.1. The zero-order valence-electron chi connectivity index (χ0n) is 13.1. The first-order chi connectivity index (χ1) is 11.3. The summed E-state index contributed by atoms with van der Waals surface area (Å²) in [7, 11) is 0. The van der Waals surface area contributed by atoms with Crippen molar-refractivity contribution in [3.05, 3.63) is 42.4 Å². The molecule has 0 aliphatic heterocycles. The molecule has 0 amide bonds. The van der Waals surface area contributed by atoms with E-state index in [1.54, 1.807) is 6.20 Å². The second kappa shape index (κ2) is 7.33. The Kier molecular flexibility index (Phi) is 4.98. The van der Waals surface area contributed by atoms with E-state index >= 15 is 0 Å². The van der Waals surface area contributed by atoms with Crippen molar-refractivity contribution in [3.63, 3.8) is 0 Å². The van der Waals surface area contributed by atoms with E-state index in [2.05, 4.69) is 15.0 Å². The normalized spacial score (nSPS) is 21.7. The number of aliphatic imine (C=N–C) groups is 1. The Labute approximate surface area is 136 Å². The molecule has 0 atom stereocenters. The van der Waals surface area contributed by atoms with Gasteiger partial charge >= 0.3 is 0 Å². The summed E-state index contributed by atoms with van der Waals surface area (Å²) in [6.45, 7) is 0.283. The van der Waals surface area contributed by atoms with Crippen molar-refractivity contribution in [2.45, 2.75) is 31.7 Å². The van der Waals surface area contributed by atoms with Crippen LogP contribution in [0.5, 0.6) is 0 Å². The molecular formula is C18H22N4O. The minimum absolute atomic E-state index is 0.283. The van der Waals surface area contributed by atoms with Crippen LogP contribution in [0.2, 0.25) is 0 Å². The molecule has 23 heavy (non-hydrogen) atoms. The smallest absolute Gasteiger partial charge is 0.0922 e. The van der Waals surface area contributed by atoms with Crippen LogP contribution < -0.4 is 5.73 Å². The first-order valence-corrected chi connectivity index (χ1v) is 8.08. The van der Waals surface area contributed by atoms with Crippen LogP contribution in [-0.4, -0.2) is 33.9 Å². The molecule has 0 radical (unpaired) electrons. The van der Waals surface area contributed by atoms with E-state index < -0.39 is 0 Å². The lowest BCUT2D eigenvalue weighted by Gasteiger charge is -2.32. The highest BCUT2D eigenvalue weighted by Crippen LogP contribution is 2.33. The molecule has 1 heterocycles. The summed E-state index contributed by atoms with van der Waals surface area (Å²) >= 11 is 0. The van der Waals surface area contributed by atoms with E-state index in [4.69, 9.17) is 10.8 Å². The number of nitrogens with zero attached hydrogens (tertiary/aromatic N) is 3. The highest BCUT2D eigenvalue weighted by Gasteiger charge is 2.27. The molecular weight excluding hydrogens is 288 g/mol. The largest absolute Gasteiger partial charge is 0.404 e. The second-order valence-corrected chi connectivity index (χ2v) is 6.00. The van der Waals surface area contributed by atoms with Crippen molar-refractivity contribution in [2.75, 3.05) is 6.61 Å². The number of hydrogen-bond donors (Lipinski definition) is 2. The minimum atomic E-state index is 0.283. The van der Waals surface area contributed by atoms with Gasteiger partial charge in [-0.3, -0.25) is 9.98 Å². The van der Waals surface area contributed by atoms with Gasteiger partial charge in [0.05, 0.1) is 29.0 Å². The van der Waals surface area contributed by atoms with Crippen molar-refractivity contribution >= 4 is 22.8 Å². The van der Waals surface area contributed by atoms with Gasteiger partial charge in [-0.2, -0.15) is 0 Å². The lowest BCUT2D eigenvalue weighted by atomic mass is 9.78. The van der Waals surface area contributed by atoms with E-state index in [0.717, 1.165) is 48.0 Å². The average Bonchev–Trinajstić information content (AvgIpc) is 2.56. The van der Waals surface area contributed by atoms with E-state index in [1.807, 2.05) is 30.5 Å². The summed E-state index contributed by atoms with van der Waals surface area (Å²) < 4.78 is 0. The van der Waals surface area contributed by atoms with E-state index in [9.17, 15) is 0 Å². The summed E-state index contributed by atoms with van der Waals surface area (Å²) in [6, 6.07) is 8.13. The van der Waals surface area contributed by atoms with Crippen LogP contribution >= 0.6 is 0 Å². The van der Waals surface area contributed by atoms with Crippen molar-refractivity contribution in [1.29, 1.82) is 0 Å². The van der Waals surface area contributed by atoms with Gasteiger partial charge in [-0.1, -0.05) is 12.1 Å². The average molecular weight is 310 g/mol. The van der Waals surface area contributed by atoms with Crippen LogP contribution in [0.15, 0.2) is 41.7 Å². The molecule has 1 aliphatic carbocycles. The van der Waals surface area contributed by atoms with Crippen LogP contribution in [0.1, 0.15) is 31.4 Å². The summed E-state index contributed by atoms with van der Waals surface area (Å²) in [5.74, 6) is 0.704. The fourth-order valence-electron chi connectivity index (χ4n) is 2.91. The molecule has 5 heteroatoms. The third kappa shape index (κ3) is 3.74. The highest BCUT2D eigenvalue weighted by atomic mass is 16.2. The van der Waals surface area contributed by atoms with E-state index in [-0.39, 0.29) is 6.61 Å². The lowest BCUT2D eigenvalue weighted by molar-refractivity contribution is 0.214. The highest BCUT2D eigenvalue weighted by molar-refractivity contribution is 6.09. The number of hydrogen-bond acceptors (Lipinski definition) is 5. The van der Waals surface area contributed by atoms with Crippen molar-refractivity contribution in [3.8, 4) is 0 Å². The van der Waals surface area contributed by atoms with E-state index in [0.29, 0.717) is 12.0 Å². The predicted molar refractivity (Wildman–Crippen MR) is 93.0 cm³/mol. The molecule has 1 aromatic carbocycles. The number of allylic oxidation sites excluding steroid dienone is 1. The number of aliphatic hydroxyl groups is 1. The third-order valence-electron chi connectivity index (χ3n) is 4.33. The Hall–Kier alpha value is -2.27. The number of aliphatic hydroxyl groups excluding tert-OH is 1. The van der Waals surface area contributed by atoms with Crippen LogP contribution in [0.3, 0.4) is 0 Å². The van der Waals surface area contributed by atoms with Gasteiger partial charge in [-0.05, 0) is 43.7 Å². The number of rotatable bonds is 6. The third-order valence-corrected chi connectivity index (χ3v) is 4.33. The van der Waals surface area contributed by atoms with Gasteiger partial charge in [0.15, 0.2) is 0 Å². The Bertz CT molecular complexity index is 720. The van der Waals surface area contributed by atoms with Crippen molar-refractivity contribution < 1.29 is 5.11 Å². The standard InChI is InChI=1S/C18H22N4O/c19-10-14(11-20-15-8-13(9-15)4-3-7-23)18-12-21-16-5-1-2-6-17(16)22-18/h1-2,5-6,10-13,15,23H,3-4,7-9,19H2. The molecule has 1 fully saturated rings. The molecule has 1 saturated carbocycles. The number of aromatic nitrogens is 2. The van der Waals surface area contributed by atoms with Gasteiger partial charge in [0.1, 0.15) is 0 Å². The molecule has 5 nitrogen and oxygen atoms in total. The van der Waals surface area contributed by atoms with Gasteiger partial charge in [0.25, 0.3) is 0 Å². The molecule has 2 aromatic rings. The first kappa shape index (κ1) is 15.6. The van der Waals surface area contributed by atoms with Crippen LogP contribution in [0.25, 0.3) is 16.6 Å². The van der Waals surface area contributed by atoms with Gasteiger partial charge in [0.2, 0.25) is 0 Å². The molecule has 3 rings (SSSR count). The number of para-hydroxylation sites is 2. The van der Waals surface area contributed by atoms with Crippen LogP contribution in [-0.2, 0) is 0 Å². The SMILES string of the molecule is NC=C(C=NC1CC(CCCO)C1)c1cnc2ccccc2n1. The fourth-order valence-corrected chi connectivity index (χ4v) is 2.91. The van der Waals surface area contributed by atoms with Gasteiger partial charge in [-0.15, -0.1) is 0 Å². The Morgan fingerprint density at radius 2 is 2.09 bits per heavy atom. The second-order valence-electron chi connectivity index (χ2n) is 6.00. The Morgan fingerprint density at radius 1 is 1.30 bits per heavy atom. The van der Waals surface area contributed by atoms with Crippen molar-refractivity contribution in [1.82, 2.24) is 9.97 Å². The Morgan fingerprint density at radius 3 is 2.83 bits per heavy atom. The Balaban J connectivity index is 1.65. The maximum atomic E-state index is 8.85. The monoisotopic (exact) mass is 310 g/mol. The summed E-state index contributed by atoms with van der Waals surface area (Å²) in [6.07, 6.45) is 9.25. The van der Waals surface area contributed by atoms with Crippen molar-refractivity contribution in [2.24, 2.45) is 16.6 Å². The topological polar surface area (TPSA) is 84.4 Å². The summed E-state index contributed by atoms with van der Waals surface area (Å²) in [5, 5.41) is 8.85. The van der Waals surface area contributed by atoms with E-state index in [1.165, 1.54) is 6.20 Å². The molecule has 1 aromatic heterocycles.